The maximum absolute atomic E-state index is 11.8. The second-order valence-corrected chi connectivity index (χ2v) is 5.85. The van der Waals surface area contributed by atoms with Crippen LogP contribution in [0, 0.1) is 0 Å². The molecule has 1 rings (SSSR count). The third-order valence-electron chi connectivity index (χ3n) is 2.90. The average molecular weight is 290 g/mol. The Morgan fingerprint density at radius 2 is 2.00 bits per heavy atom. The van der Waals surface area contributed by atoms with Gasteiger partial charge in [0, 0.05) is 6.54 Å². The lowest BCUT2D eigenvalue weighted by atomic mass is 10.4. The van der Waals surface area contributed by atoms with Gasteiger partial charge in [0.05, 0.1) is 0 Å². The van der Waals surface area contributed by atoms with Crippen LogP contribution in [-0.4, -0.2) is 44.6 Å². The van der Waals surface area contributed by atoms with Crippen molar-refractivity contribution in [2.45, 2.75) is 32.0 Å². The Morgan fingerprint density at radius 3 is 2.53 bits per heavy atom. The van der Waals surface area contributed by atoms with Gasteiger partial charge in [-0.15, -0.1) is 0 Å². The number of nitrogens with one attached hydrogen (secondary N) is 1. The van der Waals surface area contributed by atoms with Crippen LogP contribution < -0.4 is 4.72 Å². The van der Waals surface area contributed by atoms with Crippen LogP contribution in [0.2, 0.25) is 0 Å². The highest BCUT2D eigenvalue weighted by Crippen LogP contribution is 2.13. The lowest BCUT2D eigenvalue weighted by Crippen LogP contribution is -2.29. The molecule has 1 aromatic rings. The van der Waals surface area contributed by atoms with E-state index in [-0.39, 0.29) is 17.5 Å². The summed E-state index contributed by atoms with van der Waals surface area (Å²) < 4.78 is 31.2. The number of sulfonamides is 1. The second kappa shape index (κ2) is 7.64. The molecule has 2 N–H and O–H groups in total. The number of nitrogens with zero attached hydrogens (tertiary/aromatic N) is 1. The van der Waals surface area contributed by atoms with E-state index in [1.807, 2.05) is 0 Å². The van der Waals surface area contributed by atoms with Gasteiger partial charge >= 0.3 is 0 Å². The van der Waals surface area contributed by atoms with Crippen molar-refractivity contribution in [1.82, 2.24) is 9.62 Å². The van der Waals surface area contributed by atoms with Gasteiger partial charge in [0.2, 0.25) is 5.09 Å². The first kappa shape index (κ1) is 16.2. The molecule has 6 nitrogen and oxygen atoms in total. The highest BCUT2D eigenvalue weighted by molar-refractivity contribution is 7.89. The Hall–Kier alpha value is -0.890. The predicted octanol–water partition coefficient (Wildman–Crippen LogP) is 0.782. The van der Waals surface area contributed by atoms with Crippen LogP contribution in [0.1, 0.15) is 26.0 Å². The minimum absolute atomic E-state index is 0.153. The third kappa shape index (κ3) is 4.94. The molecule has 1 heterocycles. The van der Waals surface area contributed by atoms with E-state index in [1.165, 1.54) is 12.1 Å². The molecule has 0 bridgehead atoms. The Balaban J connectivity index is 2.43. The molecule has 0 saturated heterocycles. The zero-order valence-electron chi connectivity index (χ0n) is 11.4. The van der Waals surface area contributed by atoms with Gasteiger partial charge in [-0.3, -0.25) is 0 Å². The number of aliphatic hydroxyl groups excluding tert-OH is 1. The second-order valence-electron chi connectivity index (χ2n) is 4.16. The van der Waals surface area contributed by atoms with Crippen molar-refractivity contribution in [3.63, 3.8) is 0 Å². The summed E-state index contributed by atoms with van der Waals surface area (Å²) in [6.07, 6.45) is 0.745. The van der Waals surface area contributed by atoms with Gasteiger partial charge in [-0.25, -0.2) is 13.1 Å². The molecule has 0 unspecified atom stereocenters. The van der Waals surface area contributed by atoms with Crippen molar-refractivity contribution in [1.29, 1.82) is 0 Å². The molecule has 0 aliphatic heterocycles. The standard InChI is InChI=1S/C12H22N2O4S/c1-3-14(4-2)9-5-8-13-19(16,17)12-7-6-11(10-15)18-12/h6-7,13,15H,3-5,8-10H2,1-2H3. The number of hydrogen-bond acceptors (Lipinski definition) is 5. The summed E-state index contributed by atoms with van der Waals surface area (Å²) in [5.74, 6) is 0.239. The summed E-state index contributed by atoms with van der Waals surface area (Å²) >= 11 is 0. The van der Waals surface area contributed by atoms with Gasteiger partial charge < -0.3 is 14.4 Å². The zero-order valence-corrected chi connectivity index (χ0v) is 12.2. The number of aliphatic hydroxyl groups is 1. The quantitative estimate of drug-likeness (QED) is 0.657. The first-order valence-corrected chi connectivity index (χ1v) is 7.93. The van der Waals surface area contributed by atoms with E-state index in [2.05, 4.69) is 23.5 Å². The molecular formula is C12H22N2O4S. The van der Waals surface area contributed by atoms with Crippen LogP contribution in [0.5, 0.6) is 0 Å². The summed E-state index contributed by atoms with van der Waals surface area (Å²) in [4.78, 5) is 2.23. The van der Waals surface area contributed by atoms with Gasteiger partial charge in [-0.2, -0.15) is 0 Å². The molecule has 0 aliphatic rings. The van der Waals surface area contributed by atoms with Crippen molar-refractivity contribution >= 4 is 10.0 Å². The minimum Gasteiger partial charge on any atom is -0.446 e. The van der Waals surface area contributed by atoms with Crippen LogP contribution in [0.3, 0.4) is 0 Å². The molecule has 0 atom stereocenters. The van der Waals surface area contributed by atoms with Gasteiger partial charge in [0.15, 0.2) is 0 Å². The van der Waals surface area contributed by atoms with E-state index in [1.54, 1.807) is 0 Å². The van der Waals surface area contributed by atoms with Crippen LogP contribution in [0.4, 0.5) is 0 Å². The van der Waals surface area contributed by atoms with Crippen LogP contribution in [0.25, 0.3) is 0 Å². The van der Waals surface area contributed by atoms with Crippen molar-refractivity contribution in [3.8, 4) is 0 Å². The molecule has 0 radical (unpaired) electrons. The highest BCUT2D eigenvalue weighted by Gasteiger charge is 2.17. The largest absolute Gasteiger partial charge is 0.446 e. The summed E-state index contributed by atoms with van der Waals surface area (Å²) in [5, 5.41) is 8.68. The Labute approximate surface area is 114 Å². The molecule has 110 valence electrons. The summed E-state index contributed by atoms with van der Waals surface area (Å²) in [6, 6.07) is 2.79. The zero-order chi connectivity index (χ0) is 14.3. The molecule has 0 aromatic carbocycles. The van der Waals surface area contributed by atoms with Gasteiger partial charge in [-0.05, 0) is 38.2 Å². The molecule has 7 heteroatoms. The van der Waals surface area contributed by atoms with Crippen LogP contribution in [0.15, 0.2) is 21.6 Å². The molecule has 0 spiro atoms. The molecule has 0 saturated carbocycles. The van der Waals surface area contributed by atoms with Gasteiger partial charge in [0.25, 0.3) is 10.0 Å². The molecule has 19 heavy (non-hydrogen) atoms. The van der Waals surface area contributed by atoms with Crippen molar-refractivity contribution in [2.24, 2.45) is 0 Å². The first-order chi connectivity index (χ1) is 9.03. The van der Waals surface area contributed by atoms with Gasteiger partial charge in [-0.1, -0.05) is 13.8 Å². The van der Waals surface area contributed by atoms with E-state index >= 15 is 0 Å². The maximum Gasteiger partial charge on any atom is 0.273 e. The van der Waals surface area contributed by atoms with E-state index in [9.17, 15) is 8.42 Å². The lowest BCUT2D eigenvalue weighted by molar-refractivity contribution is 0.236. The summed E-state index contributed by atoms with van der Waals surface area (Å²) in [5.41, 5.74) is 0. The van der Waals surface area contributed by atoms with E-state index in [4.69, 9.17) is 9.52 Å². The topological polar surface area (TPSA) is 82.8 Å². The van der Waals surface area contributed by atoms with Crippen LogP contribution >= 0.6 is 0 Å². The maximum atomic E-state index is 11.8. The summed E-state index contributed by atoms with van der Waals surface area (Å²) in [6.45, 7) is 6.99. The Morgan fingerprint density at radius 1 is 1.32 bits per heavy atom. The predicted molar refractivity (Wildman–Crippen MR) is 72.2 cm³/mol. The van der Waals surface area contributed by atoms with Crippen molar-refractivity contribution in [2.75, 3.05) is 26.2 Å². The average Bonchev–Trinajstić information content (AvgIpc) is 2.88. The highest BCUT2D eigenvalue weighted by atomic mass is 32.2. The Kier molecular flexibility index (Phi) is 6.50. The fourth-order valence-electron chi connectivity index (χ4n) is 1.71. The summed E-state index contributed by atoms with van der Waals surface area (Å²) in [7, 11) is -3.61. The number of furan rings is 1. The number of rotatable bonds is 9. The number of hydrogen-bond donors (Lipinski definition) is 2. The van der Waals surface area contributed by atoms with E-state index in [0.29, 0.717) is 6.54 Å². The fourth-order valence-corrected chi connectivity index (χ4v) is 2.73. The lowest BCUT2D eigenvalue weighted by Gasteiger charge is -2.17. The third-order valence-corrected chi connectivity index (χ3v) is 4.23. The van der Waals surface area contributed by atoms with E-state index < -0.39 is 10.0 Å². The monoisotopic (exact) mass is 290 g/mol. The van der Waals surface area contributed by atoms with Crippen molar-refractivity contribution < 1.29 is 17.9 Å². The molecule has 0 fully saturated rings. The van der Waals surface area contributed by atoms with Crippen molar-refractivity contribution in [3.05, 3.63) is 17.9 Å². The first-order valence-electron chi connectivity index (χ1n) is 6.45. The smallest absolute Gasteiger partial charge is 0.273 e. The fraction of sp³-hybridized carbons (Fsp3) is 0.667. The molecule has 0 amide bonds. The minimum atomic E-state index is -3.61. The SMILES string of the molecule is CCN(CC)CCCNS(=O)(=O)c1ccc(CO)o1. The Bertz CT molecular complexity index is 466. The molecular weight excluding hydrogens is 268 g/mol. The van der Waals surface area contributed by atoms with Gasteiger partial charge in [0.1, 0.15) is 12.4 Å². The normalized spacial score (nSPS) is 12.2. The van der Waals surface area contributed by atoms with Crippen LogP contribution in [-0.2, 0) is 16.6 Å². The molecule has 0 aliphatic carbocycles. The van der Waals surface area contributed by atoms with E-state index in [0.717, 1.165) is 26.1 Å². The molecule has 1 aromatic heterocycles.